The highest BCUT2D eigenvalue weighted by molar-refractivity contribution is 5.66. The van der Waals surface area contributed by atoms with Gasteiger partial charge in [-0.3, -0.25) is 4.79 Å². The number of methoxy groups -OCH3 is 1. The van der Waals surface area contributed by atoms with Gasteiger partial charge in [-0.25, -0.2) is 9.97 Å². The summed E-state index contributed by atoms with van der Waals surface area (Å²) in [6, 6.07) is 7.13. The van der Waals surface area contributed by atoms with Gasteiger partial charge in [-0.15, -0.1) is 0 Å². The van der Waals surface area contributed by atoms with Crippen molar-refractivity contribution in [3.63, 3.8) is 0 Å². The Hall–Kier alpha value is -2.63. The van der Waals surface area contributed by atoms with E-state index in [1.165, 1.54) is 12.4 Å². The topological polar surface area (TPSA) is 81.5 Å². The first-order valence-corrected chi connectivity index (χ1v) is 6.02. The van der Waals surface area contributed by atoms with Crippen molar-refractivity contribution in [2.75, 3.05) is 7.11 Å². The second kappa shape index (κ2) is 6.51. The number of ether oxygens (including phenoxy) is 2. The fourth-order valence-corrected chi connectivity index (χ4v) is 1.52. The third kappa shape index (κ3) is 3.94. The number of hydrogen-bond donors (Lipinski definition) is 1. The summed E-state index contributed by atoms with van der Waals surface area (Å²) < 4.78 is 10.6. The molecule has 0 spiro atoms. The number of aliphatic carboxylic acids is 1. The minimum absolute atomic E-state index is 0.0126. The Morgan fingerprint density at radius 2 is 1.70 bits per heavy atom. The molecule has 2 aromatic rings. The van der Waals surface area contributed by atoms with Crippen LogP contribution in [0, 0.1) is 0 Å². The SMILES string of the molecule is COc1ccc(Oc2cnc(CCC(=O)O)nc2)cc1. The minimum atomic E-state index is -0.868. The molecule has 6 heteroatoms. The van der Waals surface area contributed by atoms with Crippen LogP contribution < -0.4 is 9.47 Å². The molecule has 0 saturated carbocycles. The van der Waals surface area contributed by atoms with E-state index in [1.54, 1.807) is 31.4 Å². The monoisotopic (exact) mass is 274 g/mol. The van der Waals surface area contributed by atoms with Gasteiger partial charge in [-0.2, -0.15) is 0 Å². The van der Waals surface area contributed by atoms with E-state index in [0.29, 0.717) is 23.7 Å². The van der Waals surface area contributed by atoms with Crippen LogP contribution >= 0.6 is 0 Å². The molecule has 2 rings (SSSR count). The van der Waals surface area contributed by atoms with Gasteiger partial charge in [0, 0.05) is 6.42 Å². The van der Waals surface area contributed by atoms with Gasteiger partial charge in [0.2, 0.25) is 0 Å². The number of rotatable bonds is 6. The third-order valence-corrected chi connectivity index (χ3v) is 2.54. The average Bonchev–Trinajstić information content (AvgIpc) is 2.47. The van der Waals surface area contributed by atoms with Crippen molar-refractivity contribution in [1.29, 1.82) is 0 Å². The number of nitrogens with zero attached hydrogens (tertiary/aromatic N) is 2. The first kappa shape index (κ1) is 13.8. The zero-order chi connectivity index (χ0) is 14.4. The third-order valence-electron chi connectivity index (χ3n) is 2.54. The summed E-state index contributed by atoms with van der Waals surface area (Å²) in [5.41, 5.74) is 0. The molecular formula is C14H14N2O4. The fourth-order valence-electron chi connectivity index (χ4n) is 1.52. The first-order valence-electron chi connectivity index (χ1n) is 6.02. The Labute approximate surface area is 116 Å². The lowest BCUT2D eigenvalue weighted by molar-refractivity contribution is -0.137. The van der Waals surface area contributed by atoms with E-state index < -0.39 is 5.97 Å². The number of aryl methyl sites for hydroxylation is 1. The maximum absolute atomic E-state index is 10.4. The molecule has 0 amide bonds. The molecule has 104 valence electrons. The fraction of sp³-hybridized carbons (Fsp3) is 0.214. The summed E-state index contributed by atoms with van der Waals surface area (Å²) in [6.45, 7) is 0. The van der Waals surface area contributed by atoms with Crippen molar-refractivity contribution in [3.05, 3.63) is 42.5 Å². The molecule has 0 unspecified atom stereocenters. The maximum Gasteiger partial charge on any atom is 0.303 e. The molecule has 0 aliphatic rings. The van der Waals surface area contributed by atoms with E-state index in [-0.39, 0.29) is 6.42 Å². The van der Waals surface area contributed by atoms with Crippen LogP contribution in [0.1, 0.15) is 12.2 Å². The maximum atomic E-state index is 10.4. The Kier molecular flexibility index (Phi) is 4.49. The highest BCUT2D eigenvalue weighted by Crippen LogP contribution is 2.22. The molecule has 1 heterocycles. The Balaban J connectivity index is 1.97. The summed E-state index contributed by atoms with van der Waals surface area (Å²) in [5.74, 6) is 1.50. The normalized spacial score (nSPS) is 10.1. The van der Waals surface area contributed by atoms with Crippen molar-refractivity contribution in [2.45, 2.75) is 12.8 Å². The van der Waals surface area contributed by atoms with E-state index in [1.807, 2.05) is 0 Å². The molecule has 0 fully saturated rings. The van der Waals surface area contributed by atoms with Crippen molar-refractivity contribution in [2.24, 2.45) is 0 Å². The van der Waals surface area contributed by atoms with E-state index in [4.69, 9.17) is 14.6 Å². The van der Waals surface area contributed by atoms with Crippen LogP contribution in [0.4, 0.5) is 0 Å². The van der Waals surface area contributed by atoms with E-state index in [2.05, 4.69) is 9.97 Å². The Morgan fingerprint density at radius 3 is 2.25 bits per heavy atom. The zero-order valence-electron chi connectivity index (χ0n) is 10.9. The molecule has 0 atom stereocenters. The molecule has 1 aromatic heterocycles. The van der Waals surface area contributed by atoms with Crippen LogP contribution in [0.25, 0.3) is 0 Å². The molecule has 0 radical (unpaired) electrons. The number of carboxylic acid groups (broad SMARTS) is 1. The van der Waals surface area contributed by atoms with Crippen LogP contribution in [0.15, 0.2) is 36.7 Å². The summed E-state index contributed by atoms with van der Waals surface area (Å²) in [6.07, 6.45) is 3.36. The largest absolute Gasteiger partial charge is 0.497 e. The summed E-state index contributed by atoms with van der Waals surface area (Å²) in [4.78, 5) is 18.6. The quantitative estimate of drug-likeness (QED) is 0.870. The summed E-state index contributed by atoms with van der Waals surface area (Å²) in [7, 11) is 1.60. The number of hydrogen-bond acceptors (Lipinski definition) is 5. The number of carboxylic acids is 1. The van der Waals surface area contributed by atoms with Crippen molar-refractivity contribution >= 4 is 5.97 Å². The molecule has 20 heavy (non-hydrogen) atoms. The van der Waals surface area contributed by atoms with Crippen LogP contribution in [-0.4, -0.2) is 28.2 Å². The standard InChI is InChI=1S/C14H14N2O4/c1-19-10-2-4-11(5-3-10)20-12-8-15-13(16-9-12)6-7-14(17)18/h2-5,8-9H,6-7H2,1H3,(H,17,18). The summed E-state index contributed by atoms with van der Waals surface area (Å²) in [5, 5.41) is 8.58. The predicted molar refractivity (Wildman–Crippen MR) is 71.1 cm³/mol. The van der Waals surface area contributed by atoms with Gasteiger partial charge < -0.3 is 14.6 Å². The Morgan fingerprint density at radius 1 is 1.10 bits per heavy atom. The lowest BCUT2D eigenvalue weighted by Gasteiger charge is -2.06. The highest BCUT2D eigenvalue weighted by atomic mass is 16.5. The van der Waals surface area contributed by atoms with Gasteiger partial charge in [0.15, 0.2) is 5.75 Å². The van der Waals surface area contributed by atoms with Gasteiger partial charge in [0.1, 0.15) is 17.3 Å². The molecule has 1 N–H and O–H groups in total. The molecule has 6 nitrogen and oxygen atoms in total. The average molecular weight is 274 g/mol. The van der Waals surface area contributed by atoms with Gasteiger partial charge >= 0.3 is 5.97 Å². The number of aromatic nitrogens is 2. The van der Waals surface area contributed by atoms with Gasteiger partial charge in [0.25, 0.3) is 0 Å². The first-order chi connectivity index (χ1) is 9.67. The van der Waals surface area contributed by atoms with E-state index in [0.717, 1.165) is 5.75 Å². The molecule has 0 bridgehead atoms. The van der Waals surface area contributed by atoms with Gasteiger partial charge in [0.05, 0.1) is 25.9 Å². The molecule has 0 aliphatic heterocycles. The Bertz CT molecular complexity index is 567. The van der Waals surface area contributed by atoms with Crippen LogP contribution in [-0.2, 0) is 11.2 Å². The van der Waals surface area contributed by atoms with Crippen LogP contribution in [0.5, 0.6) is 17.2 Å². The van der Waals surface area contributed by atoms with Gasteiger partial charge in [-0.1, -0.05) is 0 Å². The van der Waals surface area contributed by atoms with E-state index >= 15 is 0 Å². The van der Waals surface area contributed by atoms with Crippen LogP contribution in [0.2, 0.25) is 0 Å². The van der Waals surface area contributed by atoms with Crippen LogP contribution in [0.3, 0.4) is 0 Å². The summed E-state index contributed by atoms with van der Waals surface area (Å²) >= 11 is 0. The van der Waals surface area contributed by atoms with Crippen molar-refractivity contribution in [1.82, 2.24) is 9.97 Å². The van der Waals surface area contributed by atoms with Crippen molar-refractivity contribution < 1.29 is 19.4 Å². The lowest BCUT2D eigenvalue weighted by atomic mass is 10.3. The smallest absolute Gasteiger partial charge is 0.303 e. The van der Waals surface area contributed by atoms with Crippen molar-refractivity contribution in [3.8, 4) is 17.2 Å². The molecular weight excluding hydrogens is 260 g/mol. The molecule has 0 saturated heterocycles. The second-order valence-electron chi connectivity index (χ2n) is 4.01. The highest BCUT2D eigenvalue weighted by Gasteiger charge is 2.03. The molecule has 0 aliphatic carbocycles. The predicted octanol–water partition coefficient (Wildman–Crippen LogP) is 2.29. The lowest BCUT2D eigenvalue weighted by Crippen LogP contribution is -2.01. The second-order valence-corrected chi connectivity index (χ2v) is 4.01. The van der Waals surface area contributed by atoms with E-state index in [9.17, 15) is 4.79 Å². The van der Waals surface area contributed by atoms with Gasteiger partial charge in [-0.05, 0) is 24.3 Å². The number of benzene rings is 1. The minimum Gasteiger partial charge on any atom is -0.497 e. The number of carbonyl (C=O) groups is 1. The molecule has 1 aromatic carbocycles. The zero-order valence-corrected chi connectivity index (χ0v) is 10.9.